The lowest BCUT2D eigenvalue weighted by Gasteiger charge is -2.30. The van der Waals surface area contributed by atoms with E-state index in [4.69, 9.17) is 4.74 Å². The highest BCUT2D eigenvalue weighted by Gasteiger charge is 2.22. The number of ether oxygens (including phenoxy) is 2. The molecule has 2 N–H and O–H groups in total. The molecule has 2 heterocycles. The Labute approximate surface area is 162 Å². The van der Waals surface area contributed by atoms with Gasteiger partial charge in [-0.2, -0.15) is 5.26 Å². The zero-order valence-electron chi connectivity index (χ0n) is 15.8. The van der Waals surface area contributed by atoms with Gasteiger partial charge in [0.1, 0.15) is 6.42 Å². The Bertz CT molecular complexity index is 938. The lowest BCUT2D eigenvalue weighted by Crippen LogP contribution is -2.33. The van der Waals surface area contributed by atoms with Gasteiger partial charge in [0.2, 0.25) is 5.91 Å². The van der Waals surface area contributed by atoms with E-state index in [-0.39, 0.29) is 18.6 Å². The van der Waals surface area contributed by atoms with Crippen LogP contribution in [-0.4, -0.2) is 42.7 Å². The molecule has 2 aromatic rings. The number of amides is 1. The number of nitrogens with zero attached hydrogens (tertiary/aromatic N) is 2. The first-order valence-electron chi connectivity index (χ1n) is 9.07. The van der Waals surface area contributed by atoms with Gasteiger partial charge in [0, 0.05) is 18.0 Å². The van der Waals surface area contributed by atoms with Crippen molar-refractivity contribution >= 4 is 34.2 Å². The number of benzene rings is 1. The molecule has 8 heteroatoms. The molecular formula is C20H22N4O4. The number of aromatic nitrogens is 1. The predicted molar refractivity (Wildman–Crippen MR) is 104 cm³/mol. The quantitative estimate of drug-likeness (QED) is 0.603. The number of nitriles is 1. The number of pyridine rings is 1. The molecule has 1 aliphatic rings. The van der Waals surface area contributed by atoms with Crippen LogP contribution in [-0.2, 0) is 19.1 Å². The zero-order chi connectivity index (χ0) is 20.1. The lowest BCUT2D eigenvalue weighted by atomic mass is 10.0. The summed E-state index contributed by atoms with van der Waals surface area (Å²) in [7, 11) is 1.23. The Kier molecular flexibility index (Phi) is 6.06. The molecule has 28 heavy (non-hydrogen) atoms. The van der Waals surface area contributed by atoms with Crippen molar-refractivity contribution in [3.05, 3.63) is 30.0 Å². The summed E-state index contributed by atoms with van der Waals surface area (Å²) in [5, 5.41) is 16.2. The van der Waals surface area contributed by atoms with Crippen LogP contribution >= 0.6 is 0 Å². The Morgan fingerprint density at radius 1 is 1.43 bits per heavy atom. The van der Waals surface area contributed by atoms with Crippen LogP contribution < -0.4 is 10.6 Å². The van der Waals surface area contributed by atoms with Crippen LogP contribution in [0.1, 0.15) is 31.7 Å². The summed E-state index contributed by atoms with van der Waals surface area (Å²) in [5.41, 5.74) is 2.33. The van der Waals surface area contributed by atoms with Crippen molar-refractivity contribution in [2.24, 2.45) is 0 Å². The minimum Gasteiger partial charge on any atom is -0.469 e. The third-order valence-electron chi connectivity index (χ3n) is 4.64. The van der Waals surface area contributed by atoms with Crippen LogP contribution in [0.15, 0.2) is 24.4 Å². The second-order valence-corrected chi connectivity index (χ2v) is 6.74. The van der Waals surface area contributed by atoms with Crippen molar-refractivity contribution in [1.29, 1.82) is 5.26 Å². The number of hydrogen-bond acceptors (Lipinski definition) is 7. The summed E-state index contributed by atoms with van der Waals surface area (Å²) < 4.78 is 10.1. The van der Waals surface area contributed by atoms with E-state index in [0.29, 0.717) is 29.1 Å². The fourth-order valence-corrected chi connectivity index (χ4v) is 3.24. The van der Waals surface area contributed by atoms with E-state index in [1.165, 1.54) is 7.11 Å². The van der Waals surface area contributed by atoms with Crippen LogP contribution in [0.4, 0.5) is 11.4 Å². The highest BCUT2D eigenvalue weighted by Crippen LogP contribution is 2.33. The van der Waals surface area contributed by atoms with Gasteiger partial charge < -0.3 is 20.1 Å². The van der Waals surface area contributed by atoms with Gasteiger partial charge >= 0.3 is 5.97 Å². The number of carbonyl (C=O) groups is 2. The lowest BCUT2D eigenvalue weighted by molar-refractivity contribution is -0.142. The molecule has 146 valence electrons. The average Bonchev–Trinajstić information content (AvgIpc) is 2.69. The van der Waals surface area contributed by atoms with Crippen molar-refractivity contribution in [1.82, 2.24) is 4.98 Å². The summed E-state index contributed by atoms with van der Waals surface area (Å²) in [4.78, 5) is 28.0. The van der Waals surface area contributed by atoms with Crippen LogP contribution in [0.25, 0.3) is 10.9 Å². The van der Waals surface area contributed by atoms with E-state index in [9.17, 15) is 14.9 Å². The van der Waals surface area contributed by atoms with Crippen molar-refractivity contribution in [2.45, 2.75) is 38.3 Å². The first kappa shape index (κ1) is 19.6. The summed E-state index contributed by atoms with van der Waals surface area (Å²) in [6, 6.07) is 7.48. The Balaban J connectivity index is 1.97. The number of methoxy groups -OCH3 is 1. The molecule has 1 saturated heterocycles. The molecule has 3 rings (SSSR count). The number of nitrogens with one attached hydrogen (secondary N) is 2. The Morgan fingerprint density at radius 2 is 2.25 bits per heavy atom. The van der Waals surface area contributed by atoms with E-state index < -0.39 is 11.9 Å². The van der Waals surface area contributed by atoms with Crippen molar-refractivity contribution in [3.63, 3.8) is 0 Å². The molecule has 1 aromatic carbocycles. The van der Waals surface area contributed by atoms with Crippen LogP contribution in [0.5, 0.6) is 0 Å². The third kappa shape index (κ3) is 4.56. The van der Waals surface area contributed by atoms with Crippen LogP contribution in [0.2, 0.25) is 0 Å². The van der Waals surface area contributed by atoms with E-state index >= 15 is 0 Å². The molecule has 0 unspecified atom stereocenters. The Morgan fingerprint density at radius 3 is 2.96 bits per heavy atom. The molecule has 0 saturated carbocycles. The maximum atomic E-state index is 12.2. The standard InChI is InChI=1S/C20H22N4O4/c1-12-7-14(5-6-28-12)23-20-15-8-13(10-21)3-4-16(15)22-11-17(20)24-18(25)9-19(26)27-2/h3-4,8,11-12,14H,5-7,9H2,1-2H3,(H,22,23)(H,24,25)/t12-,14-/m1/s1. The summed E-state index contributed by atoms with van der Waals surface area (Å²) in [6.07, 6.45) is 2.93. The van der Waals surface area contributed by atoms with Gasteiger partial charge in [-0.15, -0.1) is 0 Å². The molecule has 2 atom stereocenters. The topological polar surface area (TPSA) is 113 Å². The molecule has 0 aliphatic carbocycles. The molecule has 1 fully saturated rings. The fraction of sp³-hybridized carbons (Fsp3) is 0.400. The molecule has 1 aliphatic heterocycles. The number of esters is 1. The second-order valence-electron chi connectivity index (χ2n) is 6.74. The largest absolute Gasteiger partial charge is 0.469 e. The molecule has 8 nitrogen and oxygen atoms in total. The van der Waals surface area contributed by atoms with Gasteiger partial charge in [-0.3, -0.25) is 14.6 Å². The van der Waals surface area contributed by atoms with Crippen molar-refractivity contribution in [2.75, 3.05) is 24.4 Å². The number of anilines is 2. The highest BCUT2D eigenvalue weighted by molar-refractivity contribution is 6.07. The number of fused-ring (bicyclic) bond motifs is 1. The van der Waals surface area contributed by atoms with E-state index in [2.05, 4.69) is 26.4 Å². The summed E-state index contributed by atoms with van der Waals surface area (Å²) in [5.74, 6) is -1.11. The minimum atomic E-state index is -0.620. The van der Waals surface area contributed by atoms with Crippen molar-refractivity contribution in [3.8, 4) is 6.07 Å². The maximum Gasteiger partial charge on any atom is 0.315 e. The van der Waals surface area contributed by atoms with E-state index in [1.54, 1.807) is 24.4 Å². The molecule has 0 spiro atoms. The molecule has 0 radical (unpaired) electrons. The monoisotopic (exact) mass is 382 g/mol. The molecular weight excluding hydrogens is 360 g/mol. The number of carbonyl (C=O) groups excluding carboxylic acids is 2. The Hall–Kier alpha value is -3.18. The number of hydrogen-bond donors (Lipinski definition) is 2. The second kappa shape index (κ2) is 8.67. The normalized spacial score (nSPS) is 18.9. The highest BCUT2D eigenvalue weighted by atomic mass is 16.5. The predicted octanol–water partition coefficient (Wildman–Crippen LogP) is 2.59. The van der Waals surface area contributed by atoms with Gasteiger partial charge in [0.25, 0.3) is 0 Å². The van der Waals surface area contributed by atoms with Gasteiger partial charge in [0.15, 0.2) is 0 Å². The zero-order valence-corrected chi connectivity index (χ0v) is 15.8. The van der Waals surface area contributed by atoms with Crippen LogP contribution in [0, 0.1) is 11.3 Å². The smallest absolute Gasteiger partial charge is 0.315 e. The van der Waals surface area contributed by atoms with Crippen molar-refractivity contribution < 1.29 is 19.1 Å². The van der Waals surface area contributed by atoms with Gasteiger partial charge in [-0.05, 0) is 38.0 Å². The average molecular weight is 382 g/mol. The fourth-order valence-electron chi connectivity index (χ4n) is 3.24. The maximum absolute atomic E-state index is 12.2. The summed E-state index contributed by atoms with van der Waals surface area (Å²) >= 11 is 0. The first-order valence-corrected chi connectivity index (χ1v) is 9.07. The van der Waals surface area contributed by atoms with Gasteiger partial charge in [0.05, 0.1) is 47.9 Å². The number of rotatable bonds is 5. The molecule has 0 bridgehead atoms. The van der Waals surface area contributed by atoms with Crippen LogP contribution in [0.3, 0.4) is 0 Å². The molecule has 1 aromatic heterocycles. The SMILES string of the molecule is COC(=O)CC(=O)Nc1cnc2ccc(C#N)cc2c1N[C@@H]1CCO[C@H](C)C1. The van der Waals surface area contributed by atoms with E-state index in [0.717, 1.165) is 18.2 Å². The minimum absolute atomic E-state index is 0.131. The first-order chi connectivity index (χ1) is 13.5. The summed E-state index contributed by atoms with van der Waals surface area (Å²) in [6.45, 7) is 2.67. The molecule has 1 amide bonds. The van der Waals surface area contributed by atoms with Gasteiger partial charge in [-0.25, -0.2) is 0 Å². The third-order valence-corrected chi connectivity index (χ3v) is 4.64. The van der Waals surface area contributed by atoms with Gasteiger partial charge in [-0.1, -0.05) is 0 Å². The van der Waals surface area contributed by atoms with E-state index in [1.807, 2.05) is 6.92 Å².